The Morgan fingerprint density at radius 2 is 2.03 bits per heavy atom. The number of rotatable bonds is 4. The third-order valence-electron chi connectivity index (χ3n) is 5.42. The summed E-state index contributed by atoms with van der Waals surface area (Å²) in [6.07, 6.45) is -0.194. The highest BCUT2D eigenvalue weighted by Gasteiger charge is 2.25. The fourth-order valence-corrected chi connectivity index (χ4v) is 3.76. The third-order valence-corrected chi connectivity index (χ3v) is 5.42. The van der Waals surface area contributed by atoms with Gasteiger partial charge in [-0.25, -0.2) is 4.79 Å². The monoisotopic (exact) mass is 420 g/mol. The molecule has 1 fully saturated rings. The minimum Gasteiger partial charge on any atom is -0.507 e. The predicted octanol–water partition coefficient (Wildman–Crippen LogP) is 3.10. The molecule has 0 radical (unpaired) electrons. The van der Waals surface area contributed by atoms with Crippen LogP contribution >= 0.6 is 0 Å². The number of ether oxygens (including phenoxy) is 2. The molecular formula is C23H24N4O4. The van der Waals surface area contributed by atoms with E-state index in [1.165, 1.54) is 7.11 Å². The number of benzene rings is 2. The second kappa shape index (κ2) is 8.61. The van der Waals surface area contributed by atoms with E-state index in [-0.39, 0.29) is 17.8 Å². The largest absolute Gasteiger partial charge is 0.507 e. The Balaban J connectivity index is 1.61. The lowest BCUT2D eigenvalue weighted by Gasteiger charge is -2.35. The Labute approximate surface area is 180 Å². The summed E-state index contributed by atoms with van der Waals surface area (Å²) in [5.41, 5.74) is 10.4. The number of carbonyl (C=O) groups is 1. The van der Waals surface area contributed by atoms with Crippen molar-refractivity contribution in [1.82, 2.24) is 10.2 Å². The lowest BCUT2D eigenvalue weighted by molar-refractivity contribution is 0.0397. The molecule has 1 saturated heterocycles. The third kappa shape index (κ3) is 4.15. The summed E-state index contributed by atoms with van der Waals surface area (Å²) in [5.74, 6) is 0.0909. The number of para-hydroxylation sites is 1. The molecule has 160 valence electrons. The minimum absolute atomic E-state index is 0.133. The van der Waals surface area contributed by atoms with Crippen LogP contribution in [0.3, 0.4) is 0 Å². The Morgan fingerprint density at radius 1 is 1.23 bits per heavy atom. The number of anilines is 2. The van der Waals surface area contributed by atoms with E-state index in [9.17, 15) is 9.90 Å². The van der Waals surface area contributed by atoms with Crippen molar-refractivity contribution in [3.63, 3.8) is 0 Å². The lowest BCUT2D eigenvalue weighted by atomic mass is 10.0. The van der Waals surface area contributed by atoms with E-state index in [0.717, 1.165) is 16.8 Å². The number of hydrogen-bond acceptors (Lipinski definition) is 8. The van der Waals surface area contributed by atoms with Crippen molar-refractivity contribution in [1.29, 1.82) is 0 Å². The number of aromatic hydroxyl groups is 1. The number of nitrogen functional groups attached to an aromatic ring is 1. The molecule has 2 aromatic carbocycles. The van der Waals surface area contributed by atoms with Crippen LogP contribution in [0.1, 0.15) is 27.6 Å². The summed E-state index contributed by atoms with van der Waals surface area (Å²) in [4.78, 5) is 14.0. The first-order valence-electron chi connectivity index (χ1n) is 9.95. The Bertz CT molecular complexity index is 1120. The fraction of sp³-hybridized carbons (Fsp3) is 0.261. The number of phenolic OH excluding ortho intramolecular Hbond substituents is 1. The average Bonchev–Trinajstić information content (AvgIpc) is 2.79. The van der Waals surface area contributed by atoms with Crippen LogP contribution in [0.25, 0.3) is 11.3 Å². The summed E-state index contributed by atoms with van der Waals surface area (Å²) in [7, 11) is 1.37. The molecule has 0 saturated carbocycles. The molecule has 4 rings (SSSR count). The van der Waals surface area contributed by atoms with Gasteiger partial charge in [0.1, 0.15) is 11.9 Å². The molecule has 8 heteroatoms. The van der Waals surface area contributed by atoms with Gasteiger partial charge in [-0.3, -0.25) is 0 Å². The van der Waals surface area contributed by atoms with Gasteiger partial charge in [-0.2, -0.15) is 0 Å². The number of hydrogen-bond donors (Lipinski definition) is 2. The van der Waals surface area contributed by atoms with Gasteiger partial charge in [0, 0.05) is 18.7 Å². The van der Waals surface area contributed by atoms with Crippen molar-refractivity contribution in [3.8, 4) is 17.0 Å². The number of aryl methyl sites for hydroxylation is 1. The molecule has 3 aromatic rings. The molecule has 0 unspecified atom stereocenters. The van der Waals surface area contributed by atoms with E-state index in [2.05, 4.69) is 15.1 Å². The fourth-order valence-electron chi connectivity index (χ4n) is 3.76. The zero-order valence-electron chi connectivity index (χ0n) is 17.4. The van der Waals surface area contributed by atoms with Crippen molar-refractivity contribution in [2.45, 2.75) is 13.0 Å². The van der Waals surface area contributed by atoms with Gasteiger partial charge >= 0.3 is 5.97 Å². The maximum Gasteiger partial charge on any atom is 0.338 e. The molecular weight excluding hydrogens is 396 g/mol. The van der Waals surface area contributed by atoms with E-state index >= 15 is 0 Å². The Morgan fingerprint density at radius 3 is 2.77 bits per heavy atom. The molecule has 2 heterocycles. The molecule has 31 heavy (non-hydrogen) atoms. The Hall–Kier alpha value is -3.65. The maximum absolute atomic E-state index is 11.9. The second-order valence-corrected chi connectivity index (χ2v) is 7.39. The van der Waals surface area contributed by atoms with E-state index in [4.69, 9.17) is 15.2 Å². The molecule has 0 amide bonds. The van der Waals surface area contributed by atoms with Crippen LogP contribution in [0, 0.1) is 6.92 Å². The summed E-state index contributed by atoms with van der Waals surface area (Å²) in [6, 6.07) is 14.4. The van der Waals surface area contributed by atoms with Crippen molar-refractivity contribution in [2.24, 2.45) is 0 Å². The van der Waals surface area contributed by atoms with Crippen LogP contribution in [0.5, 0.6) is 5.75 Å². The van der Waals surface area contributed by atoms with Gasteiger partial charge in [-0.15, -0.1) is 10.2 Å². The molecule has 1 aromatic heterocycles. The highest BCUT2D eigenvalue weighted by molar-refractivity contribution is 5.91. The summed E-state index contributed by atoms with van der Waals surface area (Å²) in [6.45, 7) is 3.59. The van der Waals surface area contributed by atoms with E-state index in [0.29, 0.717) is 42.3 Å². The summed E-state index contributed by atoms with van der Waals surface area (Å²) < 4.78 is 10.8. The van der Waals surface area contributed by atoms with Crippen molar-refractivity contribution >= 4 is 17.5 Å². The van der Waals surface area contributed by atoms with Gasteiger partial charge in [-0.05, 0) is 42.3 Å². The molecule has 1 atom stereocenters. The smallest absolute Gasteiger partial charge is 0.338 e. The molecule has 1 aliphatic heterocycles. The number of nitrogens with zero attached hydrogens (tertiary/aromatic N) is 3. The quantitative estimate of drug-likeness (QED) is 0.620. The zero-order valence-corrected chi connectivity index (χ0v) is 17.4. The van der Waals surface area contributed by atoms with Gasteiger partial charge in [-0.1, -0.05) is 24.3 Å². The van der Waals surface area contributed by atoms with Crippen LogP contribution in [0.15, 0.2) is 48.5 Å². The van der Waals surface area contributed by atoms with Crippen LogP contribution in [-0.2, 0) is 9.47 Å². The van der Waals surface area contributed by atoms with Crippen LogP contribution in [0.4, 0.5) is 11.5 Å². The summed E-state index contributed by atoms with van der Waals surface area (Å²) in [5, 5.41) is 18.4. The molecule has 3 N–H and O–H groups in total. The molecule has 1 aliphatic rings. The number of nitrogens with two attached hydrogens (primary N) is 1. The Kier molecular flexibility index (Phi) is 5.73. The number of methoxy groups -OCH3 is 1. The average molecular weight is 420 g/mol. The first-order valence-corrected chi connectivity index (χ1v) is 9.95. The second-order valence-electron chi connectivity index (χ2n) is 7.39. The first kappa shape index (κ1) is 20.6. The maximum atomic E-state index is 11.9. The molecule has 8 nitrogen and oxygen atoms in total. The van der Waals surface area contributed by atoms with E-state index in [1.807, 2.05) is 31.2 Å². The number of aromatic nitrogens is 2. The molecule has 0 aliphatic carbocycles. The first-order chi connectivity index (χ1) is 15.0. The number of morpholine rings is 1. The number of esters is 1. The summed E-state index contributed by atoms with van der Waals surface area (Å²) >= 11 is 0. The number of carbonyl (C=O) groups excluding carboxylic acids is 1. The standard InChI is InChI=1S/C23H24N4O4/c1-14-11-15(7-8-16(14)23(29)30-2)21-13-27(9-10-31-21)19-12-18(25-26-22(19)24)17-5-3-4-6-20(17)28/h3-8,11-12,21,28H,9-10,13H2,1-2H3,(H2,24,26)/t21-/m1/s1. The highest BCUT2D eigenvalue weighted by Crippen LogP contribution is 2.34. The van der Waals surface area contributed by atoms with Gasteiger partial charge in [0.05, 0.1) is 30.7 Å². The van der Waals surface area contributed by atoms with Crippen molar-refractivity contribution in [2.75, 3.05) is 37.4 Å². The van der Waals surface area contributed by atoms with Crippen LogP contribution < -0.4 is 10.6 Å². The van der Waals surface area contributed by atoms with Crippen LogP contribution in [0.2, 0.25) is 0 Å². The topological polar surface area (TPSA) is 111 Å². The van der Waals surface area contributed by atoms with E-state index in [1.54, 1.807) is 24.3 Å². The normalized spacial score (nSPS) is 16.2. The predicted molar refractivity (Wildman–Crippen MR) is 117 cm³/mol. The molecule has 0 spiro atoms. The van der Waals surface area contributed by atoms with Gasteiger partial charge < -0.3 is 25.2 Å². The van der Waals surface area contributed by atoms with Crippen LogP contribution in [-0.4, -0.2) is 48.1 Å². The molecule has 0 bridgehead atoms. The van der Waals surface area contributed by atoms with Gasteiger partial charge in [0.15, 0.2) is 5.82 Å². The van der Waals surface area contributed by atoms with Gasteiger partial charge in [0.2, 0.25) is 0 Å². The zero-order chi connectivity index (χ0) is 22.0. The highest BCUT2D eigenvalue weighted by atomic mass is 16.5. The SMILES string of the molecule is COC(=O)c1ccc([C@H]2CN(c3cc(-c4ccccc4O)nnc3N)CCO2)cc1C. The van der Waals surface area contributed by atoms with E-state index < -0.39 is 0 Å². The van der Waals surface area contributed by atoms with Gasteiger partial charge in [0.25, 0.3) is 0 Å². The lowest BCUT2D eigenvalue weighted by Crippen LogP contribution is -2.39. The number of phenols is 1. The van der Waals surface area contributed by atoms with Crippen molar-refractivity contribution in [3.05, 3.63) is 65.2 Å². The minimum atomic E-state index is -0.359. The van der Waals surface area contributed by atoms with Crippen molar-refractivity contribution < 1.29 is 19.4 Å².